The highest BCUT2D eigenvalue weighted by atomic mass is 79.9. The van der Waals surface area contributed by atoms with Gasteiger partial charge in [-0.2, -0.15) is 0 Å². The summed E-state index contributed by atoms with van der Waals surface area (Å²) in [6.07, 6.45) is -2.12. The summed E-state index contributed by atoms with van der Waals surface area (Å²) >= 11 is 3.10. The number of aliphatic hydroxyl groups excluding tert-OH is 2. The second-order valence-corrected chi connectivity index (χ2v) is 5.90. The summed E-state index contributed by atoms with van der Waals surface area (Å²) in [6, 6.07) is 6.58. The third-order valence-corrected chi connectivity index (χ3v) is 3.08. The average molecular weight is 331 g/mol. The molecule has 2 atom stereocenters. The third-order valence-electron chi connectivity index (χ3n) is 2.42. The predicted octanol–water partition coefficient (Wildman–Crippen LogP) is 2.43. The van der Waals surface area contributed by atoms with Gasteiger partial charge in [0.1, 0.15) is 11.7 Å². The smallest absolute Gasteiger partial charge is 0.339 e. The van der Waals surface area contributed by atoms with Crippen LogP contribution in [0.1, 0.15) is 42.8 Å². The van der Waals surface area contributed by atoms with Crippen LogP contribution in [0.15, 0.2) is 24.3 Å². The monoisotopic (exact) mass is 330 g/mol. The minimum absolute atomic E-state index is 0.219. The van der Waals surface area contributed by atoms with E-state index in [4.69, 9.17) is 4.74 Å². The average Bonchev–Trinajstić information content (AvgIpc) is 2.35. The van der Waals surface area contributed by atoms with E-state index in [0.29, 0.717) is 5.56 Å². The molecule has 0 heterocycles. The van der Waals surface area contributed by atoms with Crippen molar-refractivity contribution in [3.8, 4) is 0 Å². The highest BCUT2D eigenvalue weighted by molar-refractivity contribution is 9.09. The van der Waals surface area contributed by atoms with Crippen molar-refractivity contribution < 1.29 is 19.7 Å². The van der Waals surface area contributed by atoms with E-state index in [9.17, 15) is 15.0 Å². The molecule has 0 aliphatic rings. The molecular weight excluding hydrogens is 312 g/mol. The topological polar surface area (TPSA) is 66.8 Å². The number of ether oxygens (including phenoxy) is 1. The molecule has 0 aliphatic carbocycles. The van der Waals surface area contributed by atoms with Crippen molar-refractivity contribution in [2.24, 2.45) is 0 Å². The summed E-state index contributed by atoms with van der Waals surface area (Å²) in [6.45, 7) is 5.33. The van der Waals surface area contributed by atoms with Crippen molar-refractivity contribution >= 4 is 21.9 Å². The van der Waals surface area contributed by atoms with Crippen LogP contribution < -0.4 is 0 Å². The van der Waals surface area contributed by atoms with Gasteiger partial charge in [0.15, 0.2) is 0 Å². The van der Waals surface area contributed by atoms with E-state index < -0.39 is 23.8 Å². The van der Waals surface area contributed by atoms with Gasteiger partial charge in [0, 0.05) is 5.33 Å². The zero-order valence-corrected chi connectivity index (χ0v) is 12.8. The fourth-order valence-electron chi connectivity index (χ4n) is 1.57. The lowest BCUT2D eigenvalue weighted by atomic mass is 9.99. The van der Waals surface area contributed by atoms with E-state index in [1.54, 1.807) is 45.0 Å². The summed E-state index contributed by atoms with van der Waals surface area (Å²) in [5.74, 6) is -0.510. The Morgan fingerprint density at radius 2 is 1.89 bits per heavy atom. The van der Waals surface area contributed by atoms with Gasteiger partial charge in [0.25, 0.3) is 0 Å². The maximum Gasteiger partial charge on any atom is 0.339 e. The molecular formula is C14H19BrO4. The van der Waals surface area contributed by atoms with Gasteiger partial charge in [0.05, 0.1) is 11.7 Å². The standard InChI is InChI=1S/C14H19BrO4/c1-14(2,3)19-13(18)10-7-5-4-6-9(10)12(17)11(16)8-15/h4-7,11-12,16-17H,8H2,1-3H3. The Balaban J connectivity index is 3.05. The lowest BCUT2D eigenvalue weighted by Crippen LogP contribution is -2.26. The van der Waals surface area contributed by atoms with Crippen LogP contribution in [0.25, 0.3) is 0 Å². The molecule has 0 saturated heterocycles. The molecule has 0 fully saturated rings. The Kier molecular flexibility index (Phi) is 5.52. The van der Waals surface area contributed by atoms with E-state index in [0.717, 1.165) is 0 Å². The van der Waals surface area contributed by atoms with Gasteiger partial charge in [-0.05, 0) is 32.4 Å². The lowest BCUT2D eigenvalue weighted by Gasteiger charge is -2.22. The Hall–Kier alpha value is -0.910. The molecule has 0 radical (unpaired) electrons. The first-order valence-corrected chi connectivity index (χ1v) is 7.13. The fourth-order valence-corrected chi connectivity index (χ4v) is 1.92. The highest BCUT2D eigenvalue weighted by Gasteiger charge is 2.25. The van der Waals surface area contributed by atoms with Crippen LogP contribution in [-0.4, -0.2) is 33.2 Å². The molecule has 4 nitrogen and oxygen atoms in total. The Labute approximate surface area is 121 Å². The van der Waals surface area contributed by atoms with Crippen LogP contribution >= 0.6 is 15.9 Å². The highest BCUT2D eigenvalue weighted by Crippen LogP contribution is 2.24. The Bertz CT molecular complexity index is 439. The van der Waals surface area contributed by atoms with Crippen LogP contribution in [-0.2, 0) is 4.74 Å². The van der Waals surface area contributed by atoms with Gasteiger partial charge in [-0.25, -0.2) is 4.79 Å². The fraction of sp³-hybridized carbons (Fsp3) is 0.500. The normalized spacial score (nSPS) is 14.8. The first-order valence-electron chi connectivity index (χ1n) is 6.00. The Morgan fingerprint density at radius 3 is 2.42 bits per heavy atom. The second-order valence-electron chi connectivity index (χ2n) is 5.26. The van der Waals surface area contributed by atoms with Crippen molar-refractivity contribution in [1.29, 1.82) is 0 Å². The minimum atomic E-state index is -1.14. The second kappa shape index (κ2) is 6.50. The number of halogens is 1. The summed E-state index contributed by atoms with van der Waals surface area (Å²) < 4.78 is 5.28. The van der Waals surface area contributed by atoms with Crippen LogP contribution in [0.3, 0.4) is 0 Å². The van der Waals surface area contributed by atoms with Gasteiger partial charge in [-0.3, -0.25) is 0 Å². The van der Waals surface area contributed by atoms with Crippen LogP contribution in [0.5, 0.6) is 0 Å². The molecule has 0 amide bonds. The molecule has 5 heteroatoms. The van der Waals surface area contributed by atoms with E-state index in [-0.39, 0.29) is 10.9 Å². The molecule has 1 aromatic carbocycles. The molecule has 2 N–H and O–H groups in total. The summed E-state index contributed by atoms with van der Waals surface area (Å²) in [5.41, 5.74) is 0.0250. The minimum Gasteiger partial charge on any atom is -0.456 e. The number of aliphatic hydroxyl groups is 2. The number of hydrogen-bond donors (Lipinski definition) is 2. The van der Waals surface area contributed by atoms with Crippen molar-refractivity contribution in [2.45, 2.75) is 38.6 Å². The molecule has 0 spiro atoms. The number of carbonyl (C=O) groups is 1. The van der Waals surface area contributed by atoms with Gasteiger partial charge in [-0.1, -0.05) is 34.1 Å². The zero-order chi connectivity index (χ0) is 14.6. The van der Waals surface area contributed by atoms with E-state index >= 15 is 0 Å². The van der Waals surface area contributed by atoms with Gasteiger partial charge < -0.3 is 14.9 Å². The van der Waals surface area contributed by atoms with Crippen molar-refractivity contribution in [3.63, 3.8) is 0 Å². The molecule has 106 valence electrons. The van der Waals surface area contributed by atoms with Gasteiger partial charge in [-0.15, -0.1) is 0 Å². The molecule has 1 aromatic rings. The molecule has 19 heavy (non-hydrogen) atoms. The first-order chi connectivity index (χ1) is 8.76. The first kappa shape index (κ1) is 16.1. The zero-order valence-electron chi connectivity index (χ0n) is 11.3. The molecule has 1 rings (SSSR count). The largest absolute Gasteiger partial charge is 0.456 e. The van der Waals surface area contributed by atoms with Crippen molar-refractivity contribution in [3.05, 3.63) is 35.4 Å². The molecule has 0 aromatic heterocycles. The lowest BCUT2D eigenvalue weighted by molar-refractivity contribution is 0.00490. The molecule has 2 unspecified atom stereocenters. The van der Waals surface area contributed by atoms with E-state index in [2.05, 4.69) is 15.9 Å². The molecule has 0 saturated carbocycles. The number of hydrogen-bond acceptors (Lipinski definition) is 4. The van der Waals surface area contributed by atoms with Crippen molar-refractivity contribution in [2.75, 3.05) is 5.33 Å². The number of rotatable bonds is 4. The predicted molar refractivity (Wildman–Crippen MR) is 76.4 cm³/mol. The summed E-state index contributed by atoms with van der Waals surface area (Å²) in [4.78, 5) is 12.1. The van der Waals surface area contributed by atoms with Gasteiger partial charge in [0.2, 0.25) is 0 Å². The van der Waals surface area contributed by atoms with Crippen LogP contribution in [0.4, 0.5) is 0 Å². The Morgan fingerprint density at radius 1 is 1.32 bits per heavy atom. The third kappa shape index (κ3) is 4.60. The van der Waals surface area contributed by atoms with Crippen molar-refractivity contribution in [1.82, 2.24) is 0 Å². The van der Waals surface area contributed by atoms with E-state index in [1.165, 1.54) is 0 Å². The SMILES string of the molecule is CC(C)(C)OC(=O)c1ccccc1C(O)C(O)CBr. The van der Waals surface area contributed by atoms with Crippen LogP contribution in [0.2, 0.25) is 0 Å². The number of esters is 1. The molecule has 0 aliphatic heterocycles. The van der Waals surface area contributed by atoms with Gasteiger partial charge >= 0.3 is 5.97 Å². The number of carbonyl (C=O) groups excluding carboxylic acids is 1. The maximum absolute atomic E-state index is 12.1. The van der Waals surface area contributed by atoms with E-state index in [1.807, 2.05) is 0 Å². The van der Waals surface area contributed by atoms with Crippen LogP contribution in [0, 0.1) is 0 Å². The summed E-state index contributed by atoms with van der Waals surface area (Å²) in [7, 11) is 0. The molecule has 0 bridgehead atoms. The number of benzene rings is 1. The quantitative estimate of drug-likeness (QED) is 0.657. The maximum atomic E-state index is 12.1. The number of alkyl halides is 1. The summed E-state index contributed by atoms with van der Waals surface area (Å²) in [5, 5.41) is 19.9.